The molecule has 0 spiro atoms. The Bertz CT molecular complexity index is 944. The molecule has 0 radical (unpaired) electrons. The number of ether oxygens (including phenoxy) is 1. The molecule has 2 aromatic rings. The number of halogens is 5. The van der Waals surface area contributed by atoms with Crippen LogP contribution in [0.1, 0.15) is 29.9 Å². The molecule has 0 unspecified atom stereocenters. The number of H-pyrrole nitrogens is 1. The van der Waals surface area contributed by atoms with Gasteiger partial charge in [0.2, 0.25) is 5.91 Å². The van der Waals surface area contributed by atoms with Gasteiger partial charge >= 0.3 is 6.18 Å². The molecule has 0 aliphatic carbocycles. The van der Waals surface area contributed by atoms with Gasteiger partial charge in [0, 0.05) is 25.1 Å². The van der Waals surface area contributed by atoms with Gasteiger partial charge in [-0.3, -0.25) is 9.69 Å². The number of hydrogen-bond acceptors (Lipinski definition) is 4. The van der Waals surface area contributed by atoms with Crippen LogP contribution < -0.4 is 5.32 Å². The molecule has 2 fully saturated rings. The van der Waals surface area contributed by atoms with Gasteiger partial charge in [-0.15, -0.1) is 0 Å². The molecule has 1 aromatic heterocycles. The molecule has 174 valence electrons. The standard InChI is InChI=1S/C21H23F5N4O2/c22-14-3-12(4-15(23)5-14)7-28-20(31)6-17-16-1-2-30(9-13(16)11-32-17)10-19-27-8-18(29-19)21(24,25)26/h3-5,8,13,16-17H,1-2,6-7,9-11H2,(H,27,29)(H,28,31)/t13-,16-,17+/m1/s1. The summed E-state index contributed by atoms with van der Waals surface area (Å²) in [4.78, 5) is 20.5. The number of amides is 1. The van der Waals surface area contributed by atoms with Crippen LogP contribution in [0, 0.1) is 23.5 Å². The van der Waals surface area contributed by atoms with E-state index in [1.807, 2.05) is 4.90 Å². The molecule has 3 heterocycles. The number of piperidine rings is 1. The Balaban J connectivity index is 1.25. The Morgan fingerprint density at radius 1 is 1.25 bits per heavy atom. The summed E-state index contributed by atoms with van der Waals surface area (Å²) < 4.78 is 70.5. The van der Waals surface area contributed by atoms with Gasteiger partial charge in [-0.1, -0.05) is 0 Å². The monoisotopic (exact) mass is 458 g/mol. The van der Waals surface area contributed by atoms with Crippen LogP contribution in [0.2, 0.25) is 0 Å². The average Bonchev–Trinajstić information content (AvgIpc) is 3.33. The molecule has 0 saturated carbocycles. The highest BCUT2D eigenvalue weighted by molar-refractivity contribution is 5.76. The molecule has 6 nitrogen and oxygen atoms in total. The van der Waals surface area contributed by atoms with Crippen LogP contribution in [-0.2, 0) is 28.8 Å². The van der Waals surface area contributed by atoms with Gasteiger partial charge < -0.3 is 15.0 Å². The largest absolute Gasteiger partial charge is 0.432 e. The van der Waals surface area contributed by atoms with E-state index in [0.29, 0.717) is 25.3 Å². The predicted molar refractivity (Wildman–Crippen MR) is 103 cm³/mol. The summed E-state index contributed by atoms with van der Waals surface area (Å²) in [6, 6.07) is 3.10. The number of alkyl halides is 3. The highest BCUT2D eigenvalue weighted by atomic mass is 19.4. The third kappa shape index (κ3) is 5.44. The van der Waals surface area contributed by atoms with Crippen molar-refractivity contribution in [3.8, 4) is 0 Å². The number of carbonyl (C=O) groups excluding carboxylic acids is 1. The smallest absolute Gasteiger partial charge is 0.377 e. The molecule has 32 heavy (non-hydrogen) atoms. The number of nitrogens with one attached hydrogen (secondary N) is 2. The van der Waals surface area contributed by atoms with Crippen LogP contribution in [0.25, 0.3) is 0 Å². The average molecular weight is 458 g/mol. The van der Waals surface area contributed by atoms with E-state index in [-0.39, 0.29) is 49.2 Å². The van der Waals surface area contributed by atoms with E-state index in [4.69, 9.17) is 4.74 Å². The summed E-state index contributed by atoms with van der Waals surface area (Å²) in [7, 11) is 0. The van der Waals surface area contributed by atoms with E-state index in [2.05, 4.69) is 15.3 Å². The lowest BCUT2D eigenvalue weighted by Crippen LogP contribution is -2.42. The molecule has 2 saturated heterocycles. The summed E-state index contributed by atoms with van der Waals surface area (Å²) in [5.41, 5.74) is -0.528. The first-order valence-corrected chi connectivity index (χ1v) is 10.3. The van der Waals surface area contributed by atoms with Crippen molar-refractivity contribution in [3.63, 3.8) is 0 Å². The van der Waals surface area contributed by atoms with E-state index in [1.165, 1.54) is 0 Å². The fraction of sp³-hybridized carbons (Fsp3) is 0.524. The fourth-order valence-corrected chi connectivity index (χ4v) is 4.48. The lowest BCUT2D eigenvalue weighted by atomic mass is 9.83. The maximum atomic E-state index is 13.3. The van der Waals surface area contributed by atoms with E-state index >= 15 is 0 Å². The summed E-state index contributed by atoms with van der Waals surface area (Å²) in [6.07, 6.45) is -3.01. The van der Waals surface area contributed by atoms with Crippen molar-refractivity contribution in [3.05, 3.63) is 53.1 Å². The third-order valence-electron chi connectivity index (χ3n) is 5.98. The van der Waals surface area contributed by atoms with Gasteiger partial charge in [0.15, 0.2) is 0 Å². The number of nitrogens with zero attached hydrogens (tertiary/aromatic N) is 2. The van der Waals surface area contributed by atoms with Gasteiger partial charge in [0.05, 0.1) is 31.9 Å². The lowest BCUT2D eigenvalue weighted by Gasteiger charge is -2.35. The first-order chi connectivity index (χ1) is 15.2. The predicted octanol–water partition coefficient (Wildman–Crippen LogP) is 3.25. The number of carbonyl (C=O) groups is 1. The molecule has 2 aliphatic heterocycles. The second-order valence-electron chi connectivity index (χ2n) is 8.32. The molecular weight excluding hydrogens is 435 g/mol. The Hall–Kier alpha value is -2.53. The first-order valence-electron chi connectivity index (χ1n) is 10.3. The lowest BCUT2D eigenvalue weighted by molar-refractivity contribution is -0.141. The maximum absolute atomic E-state index is 13.3. The SMILES string of the molecule is O=C(C[C@@H]1OC[C@H]2CN(Cc3ncc(C(F)(F)F)[nH]3)CC[C@H]21)NCc1cc(F)cc(F)c1. The third-order valence-corrected chi connectivity index (χ3v) is 5.98. The van der Waals surface area contributed by atoms with Crippen molar-refractivity contribution < 1.29 is 31.5 Å². The van der Waals surface area contributed by atoms with Crippen molar-refractivity contribution in [2.75, 3.05) is 19.7 Å². The molecular formula is C21H23F5N4O2. The van der Waals surface area contributed by atoms with Crippen molar-refractivity contribution in [2.24, 2.45) is 11.8 Å². The fourth-order valence-electron chi connectivity index (χ4n) is 4.48. The first kappa shape index (κ1) is 22.7. The van der Waals surface area contributed by atoms with Crippen LogP contribution in [0.15, 0.2) is 24.4 Å². The second kappa shape index (κ2) is 9.14. The van der Waals surface area contributed by atoms with Crippen molar-refractivity contribution >= 4 is 5.91 Å². The topological polar surface area (TPSA) is 70.2 Å². The molecule has 3 atom stereocenters. The van der Waals surface area contributed by atoms with Crippen molar-refractivity contribution in [1.29, 1.82) is 0 Å². The minimum atomic E-state index is -4.45. The van der Waals surface area contributed by atoms with Crippen LogP contribution >= 0.6 is 0 Å². The number of aromatic nitrogens is 2. The molecule has 4 rings (SSSR count). The number of fused-ring (bicyclic) bond motifs is 1. The summed E-state index contributed by atoms with van der Waals surface area (Å²) in [6.45, 7) is 2.08. The molecule has 11 heteroatoms. The number of rotatable bonds is 6. The molecule has 0 bridgehead atoms. The maximum Gasteiger partial charge on any atom is 0.432 e. The number of aromatic amines is 1. The van der Waals surface area contributed by atoms with E-state index in [9.17, 15) is 26.7 Å². The van der Waals surface area contributed by atoms with Crippen LogP contribution in [0.5, 0.6) is 0 Å². The number of benzene rings is 1. The quantitative estimate of drug-likeness (QED) is 0.653. The van der Waals surface area contributed by atoms with Crippen LogP contribution in [-0.4, -0.2) is 46.6 Å². The summed E-state index contributed by atoms with van der Waals surface area (Å²) in [5.74, 6) is -1.06. The number of hydrogen-bond donors (Lipinski definition) is 2. The van der Waals surface area contributed by atoms with Gasteiger partial charge in [-0.25, -0.2) is 13.8 Å². The highest BCUT2D eigenvalue weighted by Crippen LogP contribution is 2.36. The Morgan fingerprint density at radius 2 is 2.00 bits per heavy atom. The Morgan fingerprint density at radius 3 is 2.69 bits per heavy atom. The highest BCUT2D eigenvalue weighted by Gasteiger charge is 2.41. The van der Waals surface area contributed by atoms with E-state index < -0.39 is 23.5 Å². The molecule has 1 aromatic carbocycles. The summed E-state index contributed by atoms with van der Waals surface area (Å²) in [5, 5.41) is 2.66. The number of likely N-dealkylation sites (tertiary alicyclic amines) is 1. The summed E-state index contributed by atoms with van der Waals surface area (Å²) >= 11 is 0. The molecule has 2 aliphatic rings. The van der Waals surface area contributed by atoms with E-state index in [0.717, 1.165) is 30.8 Å². The van der Waals surface area contributed by atoms with Crippen molar-refractivity contribution in [1.82, 2.24) is 20.2 Å². The van der Waals surface area contributed by atoms with Gasteiger partial charge in [0.1, 0.15) is 23.2 Å². The zero-order chi connectivity index (χ0) is 22.9. The molecule has 2 N–H and O–H groups in total. The van der Waals surface area contributed by atoms with Crippen LogP contribution in [0.3, 0.4) is 0 Å². The second-order valence-corrected chi connectivity index (χ2v) is 8.32. The minimum absolute atomic E-state index is 0.0190. The number of imidazole rings is 1. The normalized spacial score (nSPS) is 23.8. The Kier molecular flexibility index (Phi) is 6.47. The van der Waals surface area contributed by atoms with Crippen molar-refractivity contribution in [2.45, 2.75) is 38.2 Å². The van der Waals surface area contributed by atoms with Crippen LogP contribution in [0.4, 0.5) is 22.0 Å². The van der Waals surface area contributed by atoms with Gasteiger partial charge in [-0.2, -0.15) is 13.2 Å². The zero-order valence-electron chi connectivity index (χ0n) is 17.1. The van der Waals surface area contributed by atoms with E-state index in [1.54, 1.807) is 0 Å². The van der Waals surface area contributed by atoms with Gasteiger partial charge in [0.25, 0.3) is 0 Å². The zero-order valence-corrected chi connectivity index (χ0v) is 17.1. The molecule has 1 amide bonds. The Labute approximate surface area is 181 Å². The van der Waals surface area contributed by atoms with Gasteiger partial charge in [-0.05, 0) is 36.6 Å². The minimum Gasteiger partial charge on any atom is -0.377 e.